The molecule has 18 heavy (non-hydrogen) atoms. The molecule has 1 heterocycles. The van der Waals surface area contributed by atoms with Crippen molar-refractivity contribution in [1.29, 1.82) is 0 Å². The summed E-state index contributed by atoms with van der Waals surface area (Å²) in [6.07, 6.45) is 3.98. The minimum absolute atomic E-state index is 0.0234. The summed E-state index contributed by atoms with van der Waals surface area (Å²) in [4.78, 5) is 12.9. The number of rotatable bonds is 3. The highest BCUT2D eigenvalue weighted by Gasteiger charge is 2.36. The standard InChI is InChI=1S/C13H18BrNO2S/c1-9-3-2-6-13(7-9,8-16)15-12(17)10-4-5-11(14)18-10/h4-5,9,16H,2-3,6-8H2,1H3,(H,15,17). The Hall–Kier alpha value is -0.390. The summed E-state index contributed by atoms with van der Waals surface area (Å²) in [6.45, 7) is 2.20. The molecule has 1 amide bonds. The van der Waals surface area contributed by atoms with Crippen molar-refractivity contribution in [2.24, 2.45) is 5.92 Å². The zero-order valence-corrected chi connectivity index (χ0v) is 12.8. The SMILES string of the molecule is CC1CCCC(CO)(NC(=O)c2ccc(Br)s2)C1. The van der Waals surface area contributed by atoms with E-state index in [2.05, 4.69) is 28.2 Å². The van der Waals surface area contributed by atoms with Gasteiger partial charge in [-0.2, -0.15) is 0 Å². The molecule has 1 aromatic rings. The molecule has 0 aromatic carbocycles. The Morgan fingerprint density at radius 3 is 3.00 bits per heavy atom. The maximum Gasteiger partial charge on any atom is 0.261 e. The molecule has 0 saturated heterocycles. The summed E-state index contributed by atoms with van der Waals surface area (Å²) in [6, 6.07) is 3.68. The van der Waals surface area contributed by atoms with Crippen LogP contribution < -0.4 is 5.32 Å². The molecule has 0 spiro atoms. The Morgan fingerprint density at radius 2 is 2.44 bits per heavy atom. The topological polar surface area (TPSA) is 49.3 Å². The minimum Gasteiger partial charge on any atom is -0.394 e. The van der Waals surface area contributed by atoms with E-state index in [0.717, 1.165) is 23.0 Å². The van der Waals surface area contributed by atoms with Crippen LogP contribution in [0.4, 0.5) is 0 Å². The molecule has 1 saturated carbocycles. The summed E-state index contributed by atoms with van der Waals surface area (Å²) in [5.74, 6) is 0.482. The quantitative estimate of drug-likeness (QED) is 0.893. The first-order valence-electron chi connectivity index (χ1n) is 6.23. The number of carbonyl (C=O) groups is 1. The number of aliphatic hydroxyl groups is 1. The van der Waals surface area contributed by atoms with Gasteiger partial charge in [0.1, 0.15) is 0 Å². The lowest BCUT2D eigenvalue weighted by molar-refractivity contribution is 0.0700. The van der Waals surface area contributed by atoms with E-state index in [1.54, 1.807) is 6.07 Å². The molecular formula is C13H18BrNO2S. The molecule has 0 radical (unpaired) electrons. The number of amides is 1. The van der Waals surface area contributed by atoms with E-state index in [1.165, 1.54) is 17.8 Å². The number of nitrogens with one attached hydrogen (secondary N) is 1. The Labute approximate surface area is 120 Å². The van der Waals surface area contributed by atoms with Gasteiger partial charge in [-0.3, -0.25) is 4.79 Å². The maximum atomic E-state index is 12.2. The Balaban J connectivity index is 2.08. The van der Waals surface area contributed by atoms with Gasteiger partial charge in [0.05, 0.1) is 20.8 Å². The normalized spacial score (nSPS) is 28.1. The van der Waals surface area contributed by atoms with Crippen molar-refractivity contribution in [2.45, 2.75) is 38.1 Å². The fourth-order valence-electron chi connectivity index (χ4n) is 2.70. The molecule has 1 aliphatic rings. The van der Waals surface area contributed by atoms with Crippen molar-refractivity contribution in [3.63, 3.8) is 0 Å². The van der Waals surface area contributed by atoms with Gasteiger partial charge in [-0.1, -0.05) is 19.8 Å². The molecular weight excluding hydrogens is 314 g/mol. The Bertz CT molecular complexity index is 434. The van der Waals surface area contributed by atoms with Crippen LogP contribution in [0.25, 0.3) is 0 Å². The van der Waals surface area contributed by atoms with E-state index in [1.807, 2.05) is 6.07 Å². The Morgan fingerprint density at radius 1 is 1.67 bits per heavy atom. The van der Waals surface area contributed by atoms with E-state index in [9.17, 15) is 9.90 Å². The van der Waals surface area contributed by atoms with Gasteiger partial charge in [-0.15, -0.1) is 11.3 Å². The van der Waals surface area contributed by atoms with Gasteiger partial charge < -0.3 is 10.4 Å². The number of hydrogen-bond donors (Lipinski definition) is 2. The first-order valence-corrected chi connectivity index (χ1v) is 7.84. The predicted molar refractivity (Wildman–Crippen MR) is 76.9 cm³/mol. The highest BCUT2D eigenvalue weighted by atomic mass is 79.9. The molecule has 1 fully saturated rings. The molecule has 1 aliphatic carbocycles. The molecule has 2 rings (SSSR count). The third-order valence-corrected chi connectivity index (χ3v) is 5.19. The number of hydrogen-bond acceptors (Lipinski definition) is 3. The van der Waals surface area contributed by atoms with E-state index in [-0.39, 0.29) is 12.5 Å². The molecule has 100 valence electrons. The molecule has 5 heteroatoms. The average molecular weight is 332 g/mol. The van der Waals surface area contributed by atoms with Gasteiger partial charge >= 0.3 is 0 Å². The molecule has 2 unspecified atom stereocenters. The lowest BCUT2D eigenvalue weighted by atomic mass is 9.77. The van der Waals surface area contributed by atoms with Crippen molar-refractivity contribution in [2.75, 3.05) is 6.61 Å². The largest absolute Gasteiger partial charge is 0.394 e. The summed E-state index contributed by atoms with van der Waals surface area (Å²) in [5, 5.41) is 12.7. The third-order valence-electron chi connectivity index (χ3n) is 3.57. The summed E-state index contributed by atoms with van der Waals surface area (Å²) >= 11 is 4.77. The second kappa shape index (κ2) is 5.72. The molecule has 1 aromatic heterocycles. The number of carbonyl (C=O) groups excluding carboxylic acids is 1. The minimum atomic E-state index is -0.425. The number of thiophene rings is 1. The second-order valence-electron chi connectivity index (χ2n) is 5.20. The Kier molecular flexibility index (Phi) is 4.45. The maximum absolute atomic E-state index is 12.2. The van der Waals surface area contributed by atoms with Crippen molar-refractivity contribution >= 4 is 33.2 Å². The van der Waals surface area contributed by atoms with Crippen molar-refractivity contribution in [3.05, 3.63) is 20.8 Å². The third kappa shape index (κ3) is 3.13. The van der Waals surface area contributed by atoms with E-state index in [0.29, 0.717) is 10.8 Å². The van der Waals surface area contributed by atoms with Crippen LogP contribution >= 0.6 is 27.3 Å². The smallest absolute Gasteiger partial charge is 0.261 e. The predicted octanol–water partition coefficient (Wildman–Crippen LogP) is 3.18. The van der Waals surface area contributed by atoms with Crippen LogP contribution in [-0.4, -0.2) is 23.2 Å². The molecule has 0 aliphatic heterocycles. The van der Waals surface area contributed by atoms with Crippen LogP contribution in [0.2, 0.25) is 0 Å². The van der Waals surface area contributed by atoms with E-state index >= 15 is 0 Å². The first kappa shape index (κ1) is 14.0. The van der Waals surface area contributed by atoms with Gasteiger partial charge in [-0.05, 0) is 46.8 Å². The first-order chi connectivity index (χ1) is 8.54. The summed E-state index contributed by atoms with van der Waals surface area (Å²) < 4.78 is 0.947. The monoisotopic (exact) mass is 331 g/mol. The zero-order valence-electron chi connectivity index (χ0n) is 10.4. The van der Waals surface area contributed by atoms with E-state index < -0.39 is 5.54 Å². The van der Waals surface area contributed by atoms with Crippen LogP contribution in [0.5, 0.6) is 0 Å². The van der Waals surface area contributed by atoms with Gasteiger partial charge in [0, 0.05) is 0 Å². The van der Waals surface area contributed by atoms with Crippen LogP contribution in [0.3, 0.4) is 0 Å². The van der Waals surface area contributed by atoms with Crippen molar-refractivity contribution < 1.29 is 9.90 Å². The highest BCUT2D eigenvalue weighted by Crippen LogP contribution is 2.32. The van der Waals surface area contributed by atoms with Crippen LogP contribution in [0.1, 0.15) is 42.3 Å². The lowest BCUT2D eigenvalue weighted by Gasteiger charge is -2.39. The fraction of sp³-hybridized carbons (Fsp3) is 0.615. The zero-order chi connectivity index (χ0) is 13.2. The van der Waals surface area contributed by atoms with Crippen LogP contribution in [-0.2, 0) is 0 Å². The highest BCUT2D eigenvalue weighted by molar-refractivity contribution is 9.11. The number of aliphatic hydroxyl groups excluding tert-OH is 1. The van der Waals surface area contributed by atoms with Crippen molar-refractivity contribution in [1.82, 2.24) is 5.32 Å². The lowest BCUT2D eigenvalue weighted by Crippen LogP contribution is -2.53. The second-order valence-corrected chi connectivity index (χ2v) is 7.66. The van der Waals surface area contributed by atoms with Gasteiger partial charge in [0.2, 0.25) is 0 Å². The summed E-state index contributed by atoms with van der Waals surface area (Å²) in [5.41, 5.74) is -0.425. The van der Waals surface area contributed by atoms with E-state index in [4.69, 9.17) is 0 Å². The van der Waals surface area contributed by atoms with Crippen molar-refractivity contribution in [3.8, 4) is 0 Å². The van der Waals surface area contributed by atoms with Gasteiger partial charge in [0.15, 0.2) is 0 Å². The molecule has 2 atom stereocenters. The molecule has 0 bridgehead atoms. The summed E-state index contributed by atoms with van der Waals surface area (Å²) in [7, 11) is 0. The number of halogens is 1. The molecule has 3 nitrogen and oxygen atoms in total. The average Bonchev–Trinajstić information content (AvgIpc) is 2.76. The van der Waals surface area contributed by atoms with Gasteiger partial charge in [-0.25, -0.2) is 0 Å². The van der Waals surface area contributed by atoms with Crippen LogP contribution in [0, 0.1) is 5.92 Å². The molecule has 2 N–H and O–H groups in total. The van der Waals surface area contributed by atoms with Gasteiger partial charge in [0.25, 0.3) is 5.91 Å². The fourth-order valence-corrected chi connectivity index (χ4v) is 3.98. The van der Waals surface area contributed by atoms with Crippen LogP contribution in [0.15, 0.2) is 15.9 Å².